The second-order valence-electron chi connectivity index (χ2n) is 4.93. The van der Waals surface area contributed by atoms with Crippen molar-refractivity contribution in [2.75, 3.05) is 0 Å². The van der Waals surface area contributed by atoms with E-state index >= 15 is 0 Å². The van der Waals surface area contributed by atoms with E-state index in [2.05, 4.69) is 10.1 Å². The minimum Gasteiger partial charge on any atom is -0.454 e. The summed E-state index contributed by atoms with van der Waals surface area (Å²) in [5, 5.41) is 7.34. The molecule has 0 N–H and O–H groups in total. The molecule has 1 aromatic carbocycles. The maximum absolute atomic E-state index is 12.5. The number of benzene rings is 1. The Morgan fingerprint density at radius 2 is 1.96 bits per heavy atom. The average molecular weight is 400 g/mol. The summed E-state index contributed by atoms with van der Waals surface area (Å²) in [7, 11) is -4.71. The summed E-state index contributed by atoms with van der Waals surface area (Å²) in [6, 6.07) is 5.81. The summed E-state index contributed by atoms with van der Waals surface area (Å²) in [5.41, 5.74) is 0.746. The molecular formula is C15H10F2N2O5S2. The molecule has 0 fully saturated rings. The number of halogens is 2. The zero-order valence-electron chi connectivity index (χ0n) is 12.8. The summed E-state index contributed by atoms with van der Waals surface area (Å²) in [5.74, 6) is -3.88. The minimum atomic E-state index is -4.71. The normalized spacial score (nSPS) is 11.7. The average Bonchev–Trinajstić information content (AvgIpc) is 3.31. The molecule has 0 aliphatic rings. The summed E-state index contributed by atoms with van der Waals surface area (Å²) < 4.78 is 57.6. The summed E-state index contributed by atoms with van der Waals surface area (Å²) in [4.78, 5) is 15.4. The number of alkyl halides is 2. The van der Waals surface area contributed by atoms with E-state index in [0.717, 1.165) is 29.8 Å². The molecule has 0 spiro atoms. The topological polar surface area (TPSA) is 99.4 Å². The molecule has 136 valence electrons. The Morgan fingerprint density at radius 1 is 1.23 bits per heavy atom. The fourth-order valence-electron chi connectivity index (χ4n) is 1.91. The van der Waals surface area contributed by atoms with Gasteiger partial charge in [-0.15, -0.1) is 0 Å². The van der Waals surface area contributed by atoms with E-state index < -0.39 is 26.5 Å². The van der Waals surface area contributed by atoms with Gasteiger partial charge in [-0.2, -0.15) is 25.1 Å². The summed E-state index contributed by atoms with van der Waals surface area (Å²) >= 11 is 1.46. The number of ether oxygens (including phenoxy) is 1. The lowest BCUT2D eigenvalue weighted by Crippen LogP contribution is -2.12. The third-order valence-electron chi connectivity index (χ3n) is 3.22. The second kappa shape index (κ2) is 7.30. The van der Waals surface area contributed by atoms with Gasteiger partial charge in [0.05, 0.1) is 16.0 Å². The monoisotopic (exact) mass is 400 g/mol. The Kier molecular flexibility index (Phi) is 5.09. The van der Waals surface area contributed by atoms with Gasteiger partial charge in [0.25, 0.3) is 5.89 Å². The highest BCUT2D eigenvalue weighted by Crippen LogP contribution is 2.21. The van der Waals surface area contributed by atoms with Crippen molar-refractivity contribution in [2.24, 2.45) is 0 Å². The van der Waals surface area contributed by atoms with E-state index in [1.54, 1.807) is 6.07 Å². The molecule has 0 amide bonds. The van der Waals surface area contributed by atoms with E-state index in [1.807, 2.05) is 10.8 Å². The first kappa shape index (κ1) is 18.1. The molecule has 3 aromatic rings. The molecule has 0 saturated heterocycles. The number of carbonyl (C=O) groups excluding carboxylic acids is 1. The van der Waals surface area contributed by atoms with Gasteiger partial charge in [-0.1, -0.05) is 5.16 Å². The molecule has 2 aromatic heterocycles. The Hall–Kier alpha value is -2.66. The SMILES string of the molecule is O=C(OCc1noc(-c2ccsc2)n1)c1ccc(S(=O)(=O)C(F)F)cc1. The zero-order valence-corrected chi connectivity index (χ0v) is 14.5. The third-order valence-corrected chi connectivity index (χ3v) is 5.30. The van der Waals surface area contributed by atoms with E-state index in [9.17, 15) is 22.0 Å². The number of carbonyl (C=O) groups is 1. The van der Waals surface area contributed by atoms with Gasteiger partial charge in [-0.05, 0) is 35.7 Å². The van der Waals surface area contributed by atoms with Gasteiger partial charge in [-0.25, -0.2) is 13.2 Å². The number of hydrogen-bond donors (Lipinski definition) is 0. The number of rotatable bonds is 6. The Bertz CT molecular complexity index is 999. The third kappa shape index (κ3) is 3.78. The Morgan fingerprint density at radius 3 is 2.58 bits per heavy atom. The lowest BCUT2D eigenvalue weighted by molar-refractivity contribution is 0.0459. The van der Waals surface area contributed by atoms with Crippen LogP contribution in [-0.4, -0.2) is 30.3 Å². The summed E-state index contributed by atoms with van der Waals surface area (Å²) in [6.07, 6.45) is 0. The van der Waals surface area contributed by atoms with Crippen LogP contribution in [0.3, 0.4) is 0 Å². The van der Waals surface area contributed by atoms with Crippen LogP contribution in [0.4, 0.5) is 8.78 Å². The van der Waals surface area contributed by atoms with Gasteiger partial charge in [0.15, 0.2) is 6.61 Å². The smallest absolute Gasteiger partial charge is 0.341 e. The molecule has 0 bridgehead atoms. The largest absolute Gasteiger partial charge is 0.454 e. The van der Waals surface area contributed by atoms with Crippen molar-refractivity contribution in [3.05, 3.63) is 52.5 Å². The van der Waals surface area contributed by atoms with Gasteiger partial charge < -0.3 is 9.26 Å². The number of sulfone groups is 1. The van der Waals surface area contributed by atoms with Gasteiger partial charge in [-0.3, -0.25) is 0 Å². The van der Waals surface area contributed by atoms with Crippen LogP contribution >= 0.6 is 11.3 Å². The highest BCUT2D eigenvalue weighted by atomic mass is 32.2. The highest BCUT2D eigenvalue weighted by molar-refractivity contribution is 7.91. The van der Waals surface area contributed by atoms with Crippen molar-refractivity contribution in [3.8, 4) is 11.5 Å². The summed E-state index contributed by atoms with van der Waals surface area (Å²) in [6.45, 7) is -0.260. The van der Waals surface area contributed by atoms with Crippen molar-refractivity contribution in [1.29, 1.82) is 0 Å². The molecule has 0 atom stereocenters. The molecule has 26 heavy (non-hydrogen) atoms. The van der Waals surface area contributed by atoms with Crippen molar-refractivity contribution in [2.45, 2.75) is 17.3 Å². The van der Waals surface area contributed by atoms with Crippen molar-refractivity contribution in [3.63, 3.8) is 0 Å². The number of hydrogen-bond acceptors (Lipinski definition) is 8. The van der Waals surface area contributed by atoms with Crippen LogP contribution in [0, 0.1) is 0 Å². The number of nitrogens with zero attached hydrogens (tertiary/aromatic N) is 2. The molecule has 0 radical (unpaired) electrons. The van der Waals surface area contributed by atoms with Crippen LogP contribution in [0.1, 0.15) is 16.2 Å². The first-order chi connectivity index (χ1) is 12.4. The van der Waals surface area contributed by atoms with Gasteiger partial charge in [0, 0.05) is 5.38 Å². The fourth-order valence-corrected chi connectivity index (χ4v) is 3.26. The van der Waals surface area contributed by atoms with Gasteiger partial charge >= 0.3 is 11.7 Å². The van der Waals surface area contributed by atoms with Gasteiger partial charge in [0.2, 0.25) is 15.7 Å². The Balaban J connectivity index is 1.64. The number of aromatic nitrogens is 2. The van der Waals surface area contributed by atoms with Crippen LogP contribution in [0.15, 0.2) is 50.5 Å². The molecule has 0 unspecified atom stereocenters. The molecule has 0 saturated carbocycles. The first-order valence-electron chi connectivity index (χ1n) is 7.02. The highest BCUT2D eigenvalue weighted by Gasteiger charge is 2.26. The minimum absolute atomic E-state index is 0.000214. The number of esters is 1. The van der Waals surface area contributed by atoms with E-state index in [4.69, 9.17) is 9.26 Å². The van der Waals surface area contributed by atoms with Crippen LogP contribution in [0.2, 0.25) is 0 Å². The van der Waals surface area contributed by atoms with Crippen molar-refractivity contribution in [1.82, 2.24) is 10.1 Å². The fraction of sp³-hybridized carbons (Fsp3) is 0.133. The van der Waals surface area contributed by atoms with Crippen LogP contribution in [-0.2, 0) is 21.2 Å². The molecule has 3 rings (SSSR count). The quantitative estimate of drug-likeness (QED) is 0.586. The molecule has 7 nitrogen and oxygen atoms in total. The molecule has 2 heterocycles. The predicted molar refractivity (Wildman–Crippen MR) is 86.4 cm³/mol. The maximum Gasteiger partial charge on any atom is 0.341 e. The molecule has 11 heteroatoms. The second-order valence-corrected chi connectivity index (χ2v) is 7.63. The standard InChI is InChI=1S/C15H10F2N2O5S2/c16-15(17)26(21,22)11-3-1-9(2-4-11)14(20)23-7-12-18-13(24-19-12)10-5-6-25-8-10/h1-6,8,15H,7H2. The lowest BCUT2D eigenvalue weighted by atomic mass is 10.2. The maximum atomic E-state index is 12.5. The van der Waals surface area contributed by atoms with E-state index in [-0.39, 0.29) is 18.0 Å². The lowest BCUT2D eigenvalue weighted by Gasteiger charge is -2.05. The van der Waals surface area contributed by atoms with Crippen LogP contribution in [0.5, 0.6) is 0 Å². The van der Waals surface area contributed by atoms with Gasteiger partial charge in [0.1, 0.15) is 0 Å². The van der Waals surface area contributed by atoms with E-state index in [1.165, 1.54) is 11.3 Å². The number of thiophene rings is 1. The van der Waals surface area contributed by atoms with E-state index in [0.29, 0.717) is 5.89 Å². The predicted octanol–water partition coefficient (Wildman–Crippen LogP) is 3.15. The first-order valence-corrected chi connectivity index (χ1v) is 9.51. The van der Waals surface area contributed by atoms with Crippen LogP contribution in [0.25, 0.3) is 11.5 Å². The van der Waals surface area contributed by atoms with Crippen molar-refractivity contribution >= 4 is 27.1 Å². The molecule has 0 aliphatic heterocycles. The Labute approximate surface area is 150 Å². The molecular weight excluding hydrogens is 390 g/mol. The molecule has 0 aliphatic carbocycles. The van der Waals surface area contributed by atoms with Crippen molar-refractivity contribution < 1.29 is 31.3 Å². The van der Waals surface area contributed by atoms with Crippen LogP contribution < -0.4 is 0 Å². The zero-order chi connectivity index (χ0) is 18.7.